The fourth-order valence-electron chi connectivity index (χ4n) is 5.04. The molecule has 1 saturated heterocycles. The Morgan fingerprint density at radius 1 is 1.08 bits per heavy atom. The van der Waals surface area contributed by atoms with Crippen LogP contribution in [-0.2, 0) is 9.59 Å². The Labute approximate surface area is 213 Å². The lowest BCUT2D eigenvalue weighted by Crippen LogP contribution is -2.53. The number of ether oxygens (including phenoxy) is 1. The second kappa shape index (κ2) is 9.59. The van der Waals surface area contributed by atoms with E-state index < -0.39 is 12.2 Å². The molecule has 4 heterocycles. The van der Waals surface area contributed by atoms with Gasteiger partial charge in [-0.2, -0.15) is 5.10 Å². The molecule has 37 heavy (non-hydrogen) atoms. The van der Waals surface area contributed by atoms with Crippen molar-refractivity contribution in [1.29, 1.82) is 0 Å². The summed E-state index contributed by atoms with van der Waals surface area (Å²) < 4.78 is 13.2. The zero-order chi connectivity index (χ0) is 25.4. The minimum atomic E-state index is -0.619. The van der Waals surface area contributed by atoms with Gasteiger partial charge in [-0.3, -0.25) is 14.9 Å². The van der Waals surface area contributed by atoms with Gasteiger partial charge in [0.15, 0.2) is 12.0 Å². The van der Waals surface area contributed by atoms with E-state index in [0.717, 1.165) is 24.0 Å². The number of fused-ring (bicyclic) bond motifs is 2. The molecule has 188 valence electrons. The highest BCUT2D eigenvalue weighted by atomic mass is 16.5. The summed E-state index contributed by atoms with van der Waals surface area (Å²) in [4.78, 5) is 26.4. The second-order valence-corrected chi connectivity index (χ2v) is 9.26. The smallest absolute Gasteiger partial charge is 0.237 e. The van der Waals surface area contributed by atoms with Crippen LogP contribution in [0.15, 0.2) is 77.4 Å². The molecular weight excluding hydrogens is 470 g/mol. The molecule has 4 aromatic rings. The summed E-state index contributed by atoms with van der Waals surface area (Å²) in [6, 6.07) is 20.4. The lowest BCUT2D eigenvalue weighted by Gasteiger charge is -2.32. The minimum absolute atomic E-state index is 0.0119. The van der Waals surface area contributed by atoms with Crippen molar-refractivity contribution in [2.45, 2.75) is 44.4 Å². The highest BCUT2D eigenvalue weighted by Gasteiger charge is 2.34. The molecule has 3 N–H and O–H groups in total. The van der Waals surface area contributed by atoms with Crippen LogP contribution in [0.4, 0.5) is 5.82 Å². The molecule has 9 heteroatoms. The lowest BCUT2D eigenvalue weighted by molar-refractivity contribution is -0.125. The summed E-state index contributed by atoms with van der Waals surface area (Å²) in [5.74, 6) is 1.41. The van der Waals surface area contributed by atoms with Gasteiger partial charge < -0.3 is 19.8 Å². The molecule has 0 saturated carbocycles. The summed E-state index contributed by atoms with van der Waals surface area (Å²) in [6.07, 6.45) is 3.15. The number of hydrogen-bond donors (Lipinski definition) is 3. The fraction of sp³-hybridized carbons (Fsp3) is 0.250. The monoisotopic (exact) mass is 497 g/mol. The molecule has 2 unspecified atom stereocenters. The van der Waals surface area contributed by atoms with Crippen LogP contribution < -0.4 is 20.7 Å². The number of furan rings is 1. The molecule has 6 rings (SSSR count). The SMILES string of the molecule is CCCC1CC(=O)NC(n2nc(-c3ccco3)cc2NC(=O)C2c3ccccc3Oc3ccccc32)N1. The Morgan fingerprint density at radius 3 is 2.49 bits per heavy atom. The van der Waals surface area contributed by atoms with Gasteiger partial charge >= 0.3 is 0 Å². The van der Waals surface area contributed by atoms with E-state index >= 15 is 0 Å². The van der Waals surface area contributed by atoms with E-state index in [4.69, 9.17) is 14.3 Å². The molecule has 2 amide bonds. The molecule has 2 aromatic heterocycles. The van der Waals surface area contributed by atoms with E-state index in [9.17, 15) is 9.59 Å². The van der Waals surface area contributed by atoms with Crippen LogP contribution in [0.3, 0.4) is 0 Å². The number of carbonyl (C=O) groups is 2. The zero-order valence-corrected chi connectivity index (χ0v) is 20.3. The highest BCUT2D eigenvalue weighted by Crippen LogP contribution is 2.44. The minimum Gasteiger partial charge on any atom is -0.463 e. The van der Waals surface area contributed by atoms with Gasteiger partial charge in [0.05, 0.1) is 12.2 Å². The van der Waals surface area contributed by atoms with Gasteiger partial charge in [-0.05, 0) is 30.7 Å². The number of nitrogens with zero attached hydrogens (tertiary/aromatic N) is 2. The maximum atomic E-state index is 13.9. The maximum Gasteiger partial charge on any atom is 0.237 e. The van der Waals surface area contributed by atoms with Crippen molar-refractivity contribution in [3.05, 3.63) is 84.1 Å². The van der Waals surface area contributed by atoms with Crippen LogP contribution in [0.25, 0.3) is 11.5 Å². The number of rotatable bonds is 6. The number of amides is 2. The van der Waals surface area contributed by atoms with E-state index in [0.29, 0.717) is 35.2 Å². The van der Waals surface area contributed by atoms with Gasteiger partial charge in [0.2, 0.25) is 11.8 Å². The van der Waals surface area contributed by atoms with Crippen molar-refractivity contribution < 1.29 is 18.7 Å². The van der Waals surface area contributed by atoms with Crippen molar-refractivity contribution in [2.75, 3.05) is 5.32 Å². The van der Waals surface area contributed by atoms with Crippen LogP contribution in [0.1, 0.15) is 49.5 Å². The maximum absolute atomic E-state index is 13.9. The summed E-state index contributed by atoms with van der Waals surface area (Å²) in [5, 5.41) is 14.2. The Hall–Kier alpha value is -4.37. The molecule has 9 nitrogen and oxygen atoms in total. The number of benzene rings is 2. The zero-order valence-electron chi connectivity index (χ0n) is 20.3. The molecule has 0 bridgehead atoms. The number of aromatic nitrogens is 2. The van der Waals surface area contributed by atoms with Crippen molar-refractivity contribution in [3.8, 4) is 23.0 Å². The molecule has 2 aliphatic rings. The largest absolute Gasteiger partial charge is 0.463 e. The van der Waals surface area contributed by atoms with Crippen LogP contribution >= 0.6 is 0 Å². The van der Waals surface area contributed by atoms with Crippen LogP contribution in [0, 0.1) is 0 Å². The van der Waals surface area contributed by atoms with Crippen LogP contribution in [0.2, 0.25) is 0 Å². The first-order valence-corrected chi connectivity index (χ1v) is 12.5. The van der Waals surface area contributed by atoms with Gasteiger partial charge in [-0.25, -0.2) is 4.68 Å². The summed E-state index contributed by atoms with van der Waals surface area (Å²) in [5.41, 5.74) is 2.10. The Balaban J connectivity index is 1.37. The predicted octanol–water partition coefficient (Wildman–Crippen LogP) is 4.75. The molecule has 0 aliphatic carbocycles. The quantitative estimate of drug-likeness (QED) is 0.355. The van der Waals surface area contributed by atoms with Gasteiger partial charge in [0.1, 0.15) is 23.0 Å². The normalized spacial score (nSPS) is 18.9. The third kappa shape index (κ3) is 4.38. The fourth-order valence-corrected chi connectivity index (χ4v) is 5.04. The van der Waals surface area contributed by atoms with Crippen LogP contribution in [-0.4, -0.2) is 27.6 Å². The molecular formula is C28H27N5O4. The van der Waals surface area contributed by atoms with E-state index in [1.807, 2.05) is 48.5 Å². The highest BCUT2D eigenvalue weighted by molar-refractivity contribution is 5.99. The lowest BCUT2D eigenvalue weighted by atomic mass is 9.87. The average Bonchev–Trinajstić information content (AvgIpc) is 3.57. The molecule has 0 spiro atoms. The first kappa shape index (κ1) is 23.1. The third-order valence-corrected chi connectivity index (χ3v) is 6.71. The Kier molecular flexibility index (Phi) is 5.97. The van der Waals surface area contributed by atoms with E-state index in [1.165, 1.54) is 0 Å². The Morgan fingerprint density at radius 2 is 1.81 bits per heavy atom. The number of anilines is 1. The van der Waals surface area contributed by atoms with Crippen molar-refractivity contribution in [3.63, 3.8) is 0 Å². The van der Waals surface area contributed by atoms with Gasteiger partial charge in [0.25, 0.3) is 0 Å². The Bertz CT molecular complexity index is 1400. The molecule has 0 radical (unpaired) electrons. The number of carbonyl (C=O) groups excluding carboxylic acids is 2. The van der Waals surface area contributed by atoms with E-state index in [2.05, 4.69) is 22.9 Å². The van der Waals surface area contributed by atoms with Gasteiger partial charge in [-0.1, -0.05) is 49.7 Å². The topological polar surface area (TPSA) is 110 Å². The second-order valence-electron chi connectivity index (χ2n) is 9.26. The molecule has 2 atom stereocenters. The first-order chi connectivity index (χ1) is 18.1. The third-order valence-electron chi connectivity index (χ3n) is 6.71. The number of hydrogen-bond acceptors (Lipinski definition) is 6. The molecule has 2 aliphatic heterocycles. The molecule has 1 fully saturated rings. The van der Waals surface area contributed by atoms with Gasteiger partial charge in [0, 0.05) is 29.7 Å². The van der Waals surface area contributed by atoms with Crippen molar-refractivity contribution in [1.82, 2.24) is 20.4 Å². The van der Waals surface area contributed by atoms with E-state index in [1.54, 1.807) is 29.1 Å². The van der Waals surface area contributed by atoms with Crippen molar-refractivity contribution >= 4 is 17.6 Å². The summed E-state index contributed by atoms with van der Waals surface area (Å²) in [7, 11) is 0. The standard InChI is InChI=1S/C28H27N5O4/c1-2-8-17-15-25(34)31-28(29-17)33-24(16-20(32-33)23-13-7-14-36-23)30-27(35)26-18-9-3-5-11-21(18)37-22-12-6-4-10-19(22)26/h3-7,9-14,16-17,26,28-29H,2,8,15H2,1H3,(H,30,35)(H,31,34). The van der Waals surface area contributed by atoms with Crippen molar-refractivity contribution in [2.24, 2.45) is 0 Å². The average molecular weight is 498 g/mol. The summed E-state index contributed by atoms with van der Waals surface area (Å²) in [6.45, 7) is 2.08. The first-order valence-electron chi connectivity index (χ1n) is 12.5. The molecule has 2 aromatic carbocycles. The van der Waals surface area contributed by atoms with Gasteiger partial charge in [-0.15, -0.1) is 0 Å². The van der Waals surface area contributed by atoms with E-state index in [-0.39, 0.29) is 17.9 Å². The number of nitrogens with one attached hydrogen (secondary N) is 3. The summed E-state index contributed by atoms with van der Waals surface area (Å²) >= 11 is 0. The predicted molar refractivity (Wildman–Crippen MR) is 137 cm³/mol. The van der Waals surface area contributed by atoms with Crippen LogP contribution in [0.5, 0.6) is 11.5 Å². The number of para-hydroxylation sites is 2.